The van der Waals surface area contributed by atoms with Crippen molar-refractivity contribution in [3.63, 3.8) is 0 Å². The molecule has 2 aromatic rings. The number of alkyl halides is 3. The Labute approximate surface area is 153 Å². The van der Waals surface area contributed by atoms with Gasteiger partial charge in [0.2, 0.25) is 0 Å². The van der Waals surface area contributed by atoms with Gasteiger partial charge in [-0.25, -0.2) is 4.79 Å². The number of aliphatic carboxylic acids is 1. The van der Waals surface area contributed by atoms with E-state index in [4.69, 9.17) is 9.84 Å². The first-order valence-electron chi connectivity index (χ1n) is 7.74. The van der Waals surface area contributed by atoms with Crippen LogP contribution in [-0.2, 0) is 17.5 Å². The fraction of sp³-hybridized carbons (Fsp3) is 0.158. The molecule has 27 heavy (non-hydrogen) atoms. The summed E-state index contributed by atoms with van der Waals surface area (Å²) < 4.78 is 42.8. The van der Waals surface area contributed by atoms with E-state index in [0.717, 1.165) is 18.2 Å². The second-order valence-corrected chi connectivity index (χ2v) is 5.51. The van der Waals surface area contributed by atoms with Gasteiger partial charge in [-0.2, -0.15) is 13.2 Å². The Morgan fingerprint density at radius 2 is 1.81 bits per heavy atom. The number of nitrogens with one attached hydrogen (secondary N) is 1. The van der Waals surface area contributed by atoms with Crippen LogP contribution in [0.1, 0.15) is 27.0 Å². The molecule has 0 spiro atoms. The minimum absolute atomic E-state index is 0.0231. The third kappa shape index (κ3) is 5.60. The summed E-state index contributed by atoms with van der Waals surface area (Å²) in [5.74, 6) is -1.34. The van der Waals surface area contributed by atoms with Crippen molar-refractivity contribution in [3.05, 3.63) is 70.8 Å². The highest BCUT2D eigenvalue weighted by atomic mass is 19.4. The standard InChI is InChI=1S/C19H16F3NO4/c1-27-16-8-4-12(5-9-17(24)25)10-15(16)18(26)23-11-13-2-6-14(7-3-13)19(20,21)22/h2-10H,11H2,1H3,(H,23,26)(H,24,25). The van der Waals surface area contributed by atoms with Crippen molar-refractivity contribution in [2.75, 3.05) is 7.11 Å². The van der Waals surface area contributed by atoms with Crippen LogP contribution in [0.15, 0.2) is 48.5 Å². The maximum atomic E-state index is 12.6. The number of carbonyl (C=O) groups is 2. The summed E-state index contributed by atoms with van der Waals surface area (Å²) in [5.41, 5.74) is 0.393. The first-order chi connectivity index (χ1) is 12.7. The summed E-state index contributed by atoms with van der Waals surface area (Å²) in [6.45, 7) is 0.0231. The quantitative estimate of drug-likeness (QED) is 0.750. The van der Waals surface area contributed by atoms with Gasteiger partial charge >= 0.3 is 12.1 Å². The Balaban J connectivity index is 2.12. The number of rotatable bonds is 6. The van der Waals surface area contributed by atoms with E-state index in [1.807, 2.05) is 0 Å². The Kier molecular flexibility index (Phi) is 6.23. The maximum Gasteiger partial charge on any atom is 0.416 e. The molecule has 0 bridgehead atoms. The third-order valence-corrected chi connectivity index (χ3v) is 3.62. The Bertz CT molecular complexity index is 858. The van der Waals surface area contributed by atoms with E-state index in [9.17, 15) is 22.8 Å². The Hall–Kier alpha value is -3.29. The van der Waals surface area contributed by atoms with Crippen LogP contribution >= 0.6 is 0 Å². The monoisotopic (exact) mass is 379 g/mol. The van der Waals surface area contributed by atoms with E-state index in [2.05, 4.69) is 5.32 Å². The number of hydrogen-bond acceptors (Lipinski definition) is 3. The molecule has 2 N–H and O–H groups in total. The highest BCUT2D eigenvalue weighted by molar-refractivity contribution is 5.97. The topological polar surface area (TPSA) is 75.6 Å². The molecule has 8 heteroatoms. The average Bonchev–Trinajstić information content (AvgIpc) is 2.63. The van der Waals surface area contributed by atoms with Gasteiger partial charge in [0, 0.05) is 12.6 Å². The summed E-state index contributed by atoms with van der Waals surface area (Å²) in [7, 11) is 1.38. The molecule has 1 amide bonds. The predicted octanol–water partition coefficient (Wildman–Crippen LogP) is 3.74. The predicted molar refractivity (Wildman–Crippen MR) is 92.3 cm³/mol. The lowest BCUT2D eigenvalue weighted by atomic mass is 10.1. The lowest BCUT2D eigenvalue weighted by Crippen LogP contribution is -2.23. The van der Waals surface area contributed by atoms with Gasteiger partial charge in [0.25, 0.3) is 5.91 Å². The molecule has 142 valence electrons. The highest BCUT2D eigenvalue weighted by Gasteiger charge is 2.29. The molecule has 0 saturated heterocycles. The molecule has 0 heterocycles. The molecule has 0 atom stereocenters. The van der Waals surface area contributed by atoms with Gasteiger partial charge in [-0.05, 0) is 41.5 Å². The van der Waals surface area contributed by atoms with Crippen molar-refractivity contribution in [1.29, 1.82) is 0 Å². The van der Waals surface area contributed by atoms with Gasteiger partial charge in [0.05, 0.1) is 18.2 Å². The number of halogens is 3. The number of benzene rings is 2. The molecule has 2 rings (SSSR count). The zero-order valence-electron chi connectivity index (χ0n) is 14.2. The van der Waals surface area contributed by atoms with E-state index in [1.165, 1.54) is 37.5 Å². The van der Waals surface area contributed by atoms with Crippen LogP contribution in [0.4, 0.5) is 13.2 Å². The molecule has 0 aliphatic heterocycles. The van der Waals surface area contributed by atoms with Gasteiger partial charge in [0.15, 0.2) is 0 Å². The number of amides is 1. The van der Waals surface area contributed by atoms with Crippen molar-refractivity contribution in [3.8, 4) is 5.75 Å². The normalized spacial score (nSPS) is 11.4. The van der Waals surface area contributed by atoms with Crippen LogP contribution in [-0.4, -0.2) is 24.1 Å². The van der Waals surface area contributed by atoms with Crippen molar-refractivity contribution in [2.45, 2.75) is 12.7 Å². The summed E-state index contributed by atoms with van der Waals surface area (Å²) in [5, 5.41) is 11.3. The van der Waals surface area contributed by atoms with Gasteiger partial charge in [-0.1, -0.05) is 18.2 Å². The first-order valence-corrected chi connectivity index (χ1v) is 7.74. The fourth-order valence-electron chi connectivity index (χ4n) is 2.26. The third-order valence-electron chi connectivity index (χ3n) is 3.62. The van der Waals surface area contributed by atoms with Gasteiger partial charge in [0.1, 0.15) is 5.75 Å². The zero-order valence-corrected chi connectivity index (χ0v) is 14.2. The number of carbonyl (C=O) groups excluding carboxylic acids is 1. The lowest BCUT2D eigenvalue weighted by Gasteiger charge is -2.11. The molecule has 0 aromatic heterocycles. The van der Waals surface area contributed by atoms with E-state index in [1.54, 1.807) is 6.07 Å². The van der Waals surface area contributed by atoms with Gasteiger partial charge in [-0.15, -0.1) is 0 Å². The molecule has 0 fully saturated rings. The van der Waals surface area contributed by atoms with E-state index in [-0.39, 0.29) is 17.9 Å². The van der Waals surface area contributed by atoms with Crippen LogP contribution in [0.5, 0.6) is 5.75 Å². The molecule has 0 unspecified atom stereocenters. The second kappa shape index (κ2) is 8.39. The SMILES string of the molecule is COc1ccc(C=CC(=O)O)cc1C(=O)NCc1ccc(C(F)(F)F)cc1. The smallest absolute Gasteiger partial charge is 0.416 e. The second-order valence-electron chi connectivity index (χ2n) is 5.51. The van der Waals surface area contributed by atoms with Crippen molar-refractivity contribution >= 4 is 18.0 Å². The number of methoxy groups -OCH3 is 1. The minimum Gasteiger partial charge on any atom is -0.496 e. The van der Waals surface area contributed by atoms with Crippen LogP contribution in [0.3, 0.4) is 0 Å². The van der Waals surface area contributed by atoms with Crippen LogP contribution in [0.2, 0.25) is 0 Å². The van der Waals surface area contributed by atoms with E-state index < -0.39 is 23.6 Å². The van der Waals surface area contributed by atoms with Gasteiger partial charge < -0.3 is 15.2 Å². The fourth-order valence-corrected chi connectivity index (χ4v) is 2.26. The molecule has 5 nitrogen and oxygen atoms in total. The molecule has 0 saturated carbocycles. The number of ether oxygens (including phenoxy) is 1. The van der Waals surface area contributed by atoms with Crippen molar-refractivity contribution in [2.24, 2.45) is 0 Å². The molecule has 0 aliphatic carbocycles. The zero-order chi connectivity index (χ0) is 20.0. The van der Waals surface area contributed by atoms with Crippen LogP contribution in [0.25, 0.3) is 6.08 Å². The highest BCUT2D eigenvalue weighted by Crippen LogP contribution is 2.29. The maximum absolute atomic E-state index is 12.6. The average molecular weight is 379 g/mol. The summed E-state index contributed by atoms with van der Waals surface area (Å²) in [6.07, 6.45) is -2.15. The van der Waals surface area contributed by atoms with Crippen molar-refractivity contribution in [1.82, 2.24) is 5.32 Å². The van der Waals surface area contributed by atoms with Crippen LogP contribution in [0, 0.1) is 0 Å². The first kappa shape index (κ1) is 20.0. The summed E-state index contributed by atoms with van der Waals surface area (Å²) >= 11 is 0. The van der Waals surface area contributed by atoms with Crippen LogP contribution < -0.4 is 10.1 Å². The summed E-state index contributed by atoms with van der Waals surface area (Å²) in [6, 6.07) is 9.03. The molecule has 0 aliphatic rings. The minimum atomic E-state index is -4.42. The number of carboxylic acid groups (broad SMARTS) is 1. The molecular formula is C19H16F3NO4. The Morgan fingerprint density at radius 1 is 1.15 bits per heavy atom. The number of hydrogen-bond donors (Lipinski definition) is 2. The molecule has 2 aromatic carbocycles. The number of carboxylic acids is 1. The summed E-state index contributed by atoms with van der Waals surface area (Å²) in [4.78, 5) is 23.0. The van der Waals surface area contributed by atoms with E-state index >= 15 is 0 Å². The lowest BCUT2D eigenvalue weighted by molar-refractivity contribution is -0.137. The molecule has 0 radical (unpaired) electrons. The van der Waals surface area contributed by atoms with E-state index in [0.29, 0.717) is 11.1 Å². The van der Waals surface area contributed by atoms with Gasteiger partial charge in [-0.3, -0.25) is 4.79 Å². The Morgan fingerprint density at radius 3 is 2.37 bits per heavy atom. The van der Waals surface area contributed by atoms with Crippen molar-refractivity contribution < 1.29 is 32.6 Å². The molecular weight excluding hydrogens is 363 g/mol. The largest absolute Gasteiger partial charge is 0.496 e.